The molecule has 14 heteroatoms. The van der Waals surface area contributed by atoms with Gasteiger partial charge in [-0.2, -0.15) is 9.78 Å². The minimum absolute atomic E-state index is 0.0146. The van der Waals surface area contributed by atoms with Crippen molar-refractivity contribution < 1.29 is 13.6 Å². The summed E-state index contributed by atoms with van der Waals surface area (Å²) in [5.41, 5.74) is 0.760. The van der Waals surface area contributed by atoms with Crippen LogP contribution in [0.15, 0.2) is 42.7 Å². The first-order valence-electron chi connectivity index (χ1n) is 9.39. The molecule has 170 valence electrons. The molecule has 0 spiro atoms. The Morgan fingerprint density at radius 3 is 2.30 bits per heavy atom. The maximum absolute atomic E-state index is 13.8. The zero-order chi connectivity index (χ0) is 23.5. The highest BCUT2D eigenvalue weighted by Crippen LogP contribution is 2.19. The first-order valence-corrected chi connectivity index (χ1v) is 10.1. The highest BCUT2D eigenvalue weighted by atomic mass is 35.5. The Kier molecular flexibility index (Phi) is 6.47. The van der Waals surface area contributed by atoms with E-state index in [1.807, 2.05) is 0 Å². The molecule has 2 amide bonds. The molecule has 0 atom stereocenters. The van der Waals surface area contributed by atoms with E-state index in [0.717, 1.165) is 0 Å². The number of carbonyl (C=O) groups is 1. The predicted molar refractivity (Wildman–Crippen MR) is 114 cm³/mol. The summed E-state index contributed by atoms with van der Waals surface area (Å²) in [7, 11) is 1.54. The Hall–Kier alpha value is -3.64. The summed E-state index contributed by atoms with van der Waals surface area (Å²) in [6, 6.07) is 7.87. The summed E-state index contributed by atoms with van der Waals surface area (Å²) in [6.45, 7) is 0.0406. The minimum atomic E-state index is -0.619. The predicted octanol–water partition coefficient (Wildman–Crippen LogP) is 3.17. The van der Waals surface area contributed by atoms with Crippen LogP contribution in [0.5, 0.6) is 0 Å². The summed E-state index contributed by atoms with van der Waals surface area (Å²) < 4.78 is 30.3. The molecule has 0 aliphatic heterocycles. The van der Waals surface area contributed by atoms with E-state index in [0.29, 0.717) is 23.0 Å². The zero-order valence-corrected chi connectivity index (χ0v) is 18.5. The number of urea groups is 1. The number of nitrogens with zero attached hydrogens (tertiary/aromatic N) is 8. The second kappa shape index (κ2) is 9.46. The van der Waals surface area contributed by atoms with Gasteiger partial charge in [0.15, 0.2) is 11.6 Å². The molecule has 4 aromatic rings. The standard InChI is InChI=1S/C19H15Cl2F2N9O/c1-30(9-18-27-28-29-32(18)12-3-5-14(21)16(23)7-12)19(33)24-8-17-25-10-26-31(17)11-2-4-13(20)15(22)6-11/h2-7,10H,8-9H2,1H3,(H,24,33). The van der Waals surface area contributed by atoms with E-state index in [1.54, 1.807) is 12.1 Å². The van der Waals surface area contributed by atoms with Gasteiger partial charge in [0, 0.05) is 19.2 Å². The van der Waals surface area contributed by atoms with Gasteiger partial charge in [0.2, 0.25) is 0 Å². The summed E-state index contributed by atoms with van der Waals surface area (Å²) in [5.74, 6) is -0.543. The fraction of sp³-hybridized carbons (Fsp3) is 0.158. The highest BCUT2D eigenvalue weighted by molar-refractivity contribution is 6.31. The van der Waals surface area contributed by atoms with Crippen LogP contribution in [0.3, 0.4) is 0 Å². The molecule has 0 saturated heterocycles. The van der Waals surface area contributed by atoms with Gasteiger partial charge in [-0.1, -0.05) is 23.2 Å². The van der Waals surface area contributed by atoms with Gasteiger partial charge in [-0.3, -0.25) is 0 Å². The van der Waals surface area contributed by atoms with Gasteiger partial charge < -0.3 is 10.2 Å². The molecule has 0 saturated carbocycles. The van der Waals surface area contributed by atoms with Crippen LogP contribution in [0, 0.1) is 11.6 Å². The van der Waals surface area contributed by atoms with Gasteiger partial charge >= 0.3 is 6.03 Å². The molecule has 0 unspecified atom stereocenters. The zero-order valence-electron chi connectivity index (χ0n) is 17.0. The van der Waals surface area contributed by atoms with Crippen molar-refractivity contribution in [3.05, 3.63) is 76.1 Å². The SMILES string of the molecule is CN(Cc1nnnn1-c1ccc(Cl)c(F)c1)C(=O)NCc1ncnn1-c1ccc(Cl)c(F)c1. The van der Waals surface area contributed by atoms with E-state index >= 15 is 0 Å². The largest absolute Gasteiger partial charge is 0.331 e. The average molecular weight is 494 g/mol. The molecule has 2 aromatic carbocycles. The topological polar surface area (TPSA) is 107 Å². The third-order valence-electron chi connectivity index (χ3n) is 4.57. The van der Waals surface area contributed by atoms with E-state index in [1.165, 1.54) is 51.9 Å². The monoisotopic (exact) mass is 493 g/mol. The van der Waals surface area contributed by atoms with Crippen molar-refractivity contribution in [1.29, 1.82) is 0 Å². The number of nitrogens with one attached hydrogen (secondary N) is 1. The summed E-state index contributed by atoms with van der Waals surface area (Å²) in [4.78, 5) is 18.0. The van der Waals surface area contributed by atoms with Crippen molar-refractivity contribution >= 4 is 29.2 Å². The summed E-state index contributed by atoms with van der Waals surface area (Å²) in [5, 5.41) is 18.0. The minimum Gasteiger partial charge on any atom is -0.331 e. The fourth-order valence-electron chi connectivity index (χ4n) is 2.91. The normalized spacial score (nSPS) is 10.9. The molecule has 0 fully saturated rings. The molecule has 0 bridgehead atoms. The third-order valence-corrected chi connectivity index (χ3v) is 5.18. The van der Waals surface area contributed by atoms with Crippen molar-refractivity contribution in [3.8, 4) is 11.4 Å². The number of hydrogen-bond donors (Lipinski definition) is 1. The quantitative estimate of drug-likeness (QED) is 0.442. The van der Waals surface area contributed by atoms with Crippen LogP contribution in [0.25, 0.3) is 11.4 Å². The maximum Gasteiger partial charge on any atom is 0.317 e. The van der Waals surface area contributed by atoms with Gasteiger partial charge in [0.05, 0.1) is 34.5 Å². The van der Waals surface area contributed by atoms with Crippen molar-refractivity contribution in [3.63, 3.8) is 0 Å². The number of carbonyl (C=O) groups excluding carboxylic acids is 1. The molecule has 0 aliphatic carbocycles. The van der Waals surface area contributed by atoms with Crippen LogP contribution >= 0.6 is 23.2 Å². The second-order valence-electron chi connectivity index (χ2n) is 6.81. The smallest absolute Gasteiger partial charge is 0.317 e. The Morgan fingerprint density at radius 2 is 1.67 bits per heavy atom. The van der Waals surface area contributed by atoms with Gasteiger partial charge in [-0.25, -0.2) is 23.2 Å². The number of benzene rings is 2. The Morgan fingerprint density at radius 1 is 1.03 bits per heavy atom. The van der Waals surface area contributed by atoms with Crippen LogP contribution < -0.4 is 5.32 Å². The van der Waals surface area contributed by atoms with Gasteiger partial charge in [-0.05, 0) is 34.7 Å². The maximum atomic E-state index is 13.8. The van der Waals surface area contributed by atoms with E-state index in [2.05, 4.69) is 30.9 Å². The molecule has 0 radical (unpaired) electrons. The molecular formula is C19H15Cl2F2N9O. The van der Waals surface area contributed by atoms with Crippen LogP contribution in [-0.4, -0.2) is 53.0 Å². The Bertz CT molecular complexity index is 1310. The van der Waals surface area contributed by atoms with Crippen molar-refractivity contribution in [2.24, 2.45) is 0 Å². The number of rotatable bonds is 6. The molecule has 2 heterocycles. The van der Waals surface area contributed by atoms with Gasteiger partial charge in [0.1, 0.15) is 18.0 Å². The van der Waals surface area contributed by atoms with Crippen LogP contribution in [0.2, 0.25) is 10.0 Å². The van der Waals surface area contributed by atoms with Crippen LogP contribution in [0.1, 0.15) is 11.6 Å². The molecule has 2 aromatic heterocycles. The highest BCUT2D eigenvalue weighted by Gasteiger charge is 2.17. The summed E-state index contributed by atoms with van der Waals surface area (Å²) >= 11 is 11.4. The van der Waals surface area contributed by atoms with Crippen LogP contribution in [0.4, 0.5) is 13.6 Å². The lowest BCUT2D eigenvalue weighted by atomic mass is 10.3. The van der Waals surface area contributed by atoms with E-state index in [9.17, 15) is 13.6 Å². The third kappa shape index (κ3) is 4.91. The molecule has 10 nitrogen and oxygen atoms in total. The molecule has 0 aliphatic rings. The van der Waals surface area contributed by atoms with E-state index < -0.39 is 17.7 Å². The Labute approximate surface area is 195 Å². The first-order chi connectivity index (χ1) is 15.8. The second-order valence-corrected chi connectivity index (χ2v) is 7.62. The van der Waals surface area contributed by atoms with Crippen LogP contribution in [-0.2, 0) is 13.1 Å². The molecular weight excluding hydrogens is 479 g/mol. The number of halogens is 4. The van der Waals surface area contributed by atoms with Crippen molar-refractivity contribution in [1.82, 2.24) is 45.2 Å². The number of tetrazole rings is 1. The lowest BCUT2D eigenvalue weighted by Gasteiger charge is -2.17. The van der Waals surface area contributed by atoms with Gasteiger partial charge in [-0.15, -0.1) is 5.10 Å². The molecule has 4 rings (SSSR count). The van der Waals surface area contributed by atoms with Gasteiger partial charge in [0.25, 0.3) is 0 Å². The molecule has 1 N–H and O–H groups in total. The Balaban J connectivity index is 1.42. The first kappa shape index (κ1) is 22.6. The average Bonchev–Trinajstić information content (AvgIpc) is 3.45. The van der Waals surface area contributed by atoms with Crippen molar-refractivity contribution in [2.45, 2.75) is 13.1 Å². The van der Waals surface area contributed by atoms with E-state index in [-0.39, 0.29) is 23.1 Å². The lowest BCUT2D eigenvalue weighted by molar-refractivity contribution is 0.204. The number of aromatic nitrogens is 7. The number of amides is 2. The molecule has 33 heavy (non-hydrogen) atoms. The van der Waals surface area contributed by atoms with E-state index in [4.69, 9.17) is 23.2 Å². The fourth-order valence-corrected chi connectivity index (χ4v) is 3.15. The van der Waals surface area contributed by atoms with Crippen molar-refractivity contribution in [2.75, 3.05) is 7.05 Å². The lowest BCUT2D eigenvalue weighted by Crippen LogP contribution is -2.37. The summed E-state index contributed by atoms with van der Waals surface area (Å²) in [6.07, 6.45) is 1.29. The number of hydrogen-bond acceptors (Lipinski definition) is 6.